The number of halogens is 1. The molecular formula is C18H19BrN2O. The molecule has 4 heteroatoms. The molecule has 0 saturated heterocycles. The number of nitrogens with two attached hydrogens (primary N) is 1. The maximum Gasteiger partial charge on any atom is 0.252 e. The highest BCUT2D eigenvalue weighted by molar-refractivity contribution is 9.10. The fraction of sp³-hybridized carbons (Fsp3) is 0.278. The number of aryl methyl sites for hydroxylation is 1. The topological polar surface area (TPSA) is 55.1 Å². The highest BCUT2D eigenvalue weighted by Crippen LogP contribution is 2.41. The zero-order chi connectivity index (χ0) is 15.7. The Labute approximate surface area is 139 Å². The molecule has 0 aliphatic heterocycles. The number of carbonyl (C=O) groups excluding carboxylic acids is 1. The second-order valence-corrected chi connectivity index (χ2v) is 6.89. The summed E-state index contributed by atoms with van der Waals surface area (Å²) in [7, 11) is 0. The third kappa shape index (κ3) is 2.75. The number of hydrogen-bond donors (Lipinski definition) is 2. The molecule has 0 unspecified atom stereocenters. The van der Waals surface area contributed by atoms with Gasteiger partial charge in [0.05, 0.1) is 5.54 Å². The first-order valence-corrected chi connectivity index (χ1v) is 8.24. The number of nitrogens with one attached hydrogen (secondary N) is 1. The number of benzene rings is 2. The third-order valence-electron chi connectivity index (χ3n) is 4.46. The van der Waals surface area contributed by atoms with Gasteiger partial charge in [0.1, 0.15) is 0 Å². The van der Waals surface area contributed by atoms with E-state index in [1.165, 1.54) is 0 Å². The quantitative estimate of drug-likeness (QED) is 0.809. The highest BCUT2D eigenvalue weighted by Gasteiger charge is 2.40. The number of anilines is 1. The predicted molar refractivity (Wildman–Crippen MR) is 92.7 cm³/mol. The molecule has 2 aromatic rings. The first-order valence-electron chi connectivity index (χ1n) is 7.45. The molecule has 3 nitrogen and oxygen atoms in total. The van der Waals surface area contributed by atoms with Gasteiger partial charge >= 0.3 is 0 Å². The fourth-order valence-electron chi connectivity index (χ4n) is 2.95. The van der Waals surface area contributed by atoms with Gasteiger partial charge in [-0.15, -0.1) is 0 Å². The van der Waals surface area contributed by atoms with Gasteiger partial charge in [-0.25, -0.2) is 0 Å². The molecule has 0 atom stereocenters. The van der Waals surface area contributed by atoms with Gasteiger partial charge in [-0.1, -0.05) is 34.1 Å². The molecule has 0 aromatic heterocycles. The first kappa shape index (κ1) is 15.1. The summed E-state index contributed by atoms with van der Waals surface area (Å²) in [6.07, 6.45) is 3.08. The van der Waals surface area contributed by atoms with E-state index in [1.54, 1.807) is 6.07 Å². The number of amides is 1. The summed E-state index contributed by atoms with van der Waals surface area (Å²) in [5.74, 6) is -0.0487. The lowest BCUT2D eigenvalue weighted by atomic mass is 9.71. The van der Waals surface area contributed by atoms with Crippen LogP contribution in [-0.4, -0.2) is 5.91 Å². The van der Waals surface area contributed by atoms with E-state index in [0.29, 0.717) is 11.3 Å². The number of carbonyl (C=O) groups is 1. The van der Waals surface area contributed by atoms with Crippen LogP contribution in [0.3, 0.4) is 0 Å². The second kappa shape index (κ2) is 5.76. The van der Waals surface area contributed by atoms with Crippen molar-refractivity contribution in [1.82, 2.24) is 5.32 Å². The van der Waals surface area contributed by atoms with Gasteiger partial charge in [-0.05, 0) is 61.6 Å². The normalized spacial score (nSPS) is 15.9. The van der Waals surface area contributed by atoms with Crippen LogP contribution >= 0.6 is 15.9 Å². The Morgan fingerprint density at radius 3 is 2.45 bits per heavy atom. The number of rotatable bonds is 3. The van der Waals surface area contributed by atoms with E-state index in [0.717, 1.165) is 34.9 Å². The van der Waals surface area contributed by atoms with Gasteiger partial charge < -0.3 is 11.1 Å². The molecule has 0 bridgehead atoms. The van der Waals surface area contributed by atoms with Crippen LogP contribution in [0.15, 0.2) is 46.9 Å². The highest BCUT2D eigenvalue weighted by atomic mass is 79.9. The van der Waals surface area contributed by atoms with E-state index < -0.39 is 0 Å². The van der Waals surface area contributed by atoms with Crippen LogP contribution in [-0.2, 0) is 5.54 Å². The standard InChI is InChI=1S/C18H19BrN2O/c1-12-3-8-15(20)11-16(12)17(22)21-18(9-2-10-18)13-4-6-14(19)7-5-13/h3-8,11H,2,9-10,20H2,1H3,(H,21,22). The van der Waals surface area contributed by atoms with Crippen LogP contribution in [0.2, 0.25) is 0 Å². The Kier molecular flexibility index (Phi) is 3.96. The Hall–Kier alpha value is -1.81. The monoisotopic (exact) mass is 358 g/mol. The Morgan fingerprint density at radius 2 is 1.86 bits per heavy atom. The van der Waals surface area contributed by atoms with Gasteiger partial charge in [0, 0.05) is 15.7 Å². The summed E-state index contributed by atoms with van der Waals surface area (Å²) in [6, 6.07) is 13.7. The maximum atomic E-state index is 12.7. The zero-order valence-electron chi connectivity index (χ0n) is 12.5. The Morgan fingerprint density at radius 1 is 1.18 bits per heavy atom. The molecule has 1 saturated carbocycles. The van der Waals surface area contributed by atoms with Crippen molar-refractivity contribution in [3.05, 3.63) is 63.6 Å². The molecule has 3 N–H and O–H groups in total. The van der Waals surface area contributed by atoms with Crippen LogP contribution < -0.4 is 11.1 Å². The molecule has 1 aliphatic carbocycles. The molecule has 114 valence electrons. The summed E-state index contributed by atoms with van der Waals surface area (Å²) < 4.78 is 1.05. The van der Waals surface area contributed by atoms with E-state index in [9.17, 15) is 4.79 Å². The average Bonchev–Trinajstić information content (AvgIpc) is 2.46. The molecular weight excluding hydrogens is 340 g/mol. The van der Waals surface area contributed by atoms with E-state index in [2.05, 4.69) is 33.4 Å². The van der Waals surface area contributed by atoms with Gasteiger partial charge in [0.25, 0.3) is 5.91 Å². The van der Waals surface area contributed by atoms with Crippen LogP contribution in [0, 0.1) is 6.92 Å². The lowest BCUT2D eigenvalue weighted by Crippen LogP contribution is -2.50. The molecule has 1 aliphatic rings. The Bertz CT molecular complexity index is 706. The van der Waals surface area contributed by atoms with Crippen molar-refractivity contribution >= 4 is 27.5 Å². The van der Waals surface area contributed by atoms with Gasteiger partial charge in [0.2, 0.25) is 0 Å². The Balaban J connectivity index is 1.88. The first-order chi connectivity index (χ1) is 10.5. The SMILES string of the molecule is Cc1ccc(N)cc1C(=O)NC1(c2ccc(Br)cc2)CCC1. The molecule has 1 amide bonds. The van der Waals surface area contributed by atoms with Crippen LogP contribution in [0.25, 0.3) is 0 Å². The minimum atomic E-state index is -0.241. The second-order valence-electron chi connectivity index (χ2n) is 5.97. The minimum Gasteiger partial charge on any atom is -0.399 e. The van der Waals surface area contributed by atoms with Crippen molar-refractivity contribution in [1.29, 1.82) is 0 Å². The van der Waals surface area contributed by atoms with Crippen LogP contribution in [0.5, 0.6) is 0 Å². The van der Waals surface area contributed by atoms with Crippen molar-refractivity contribution in [3.8, 4) is 0 Å². The van der Waals surface area contributed by atoms with Gasteiger partial charge in [-0.3, -0.25) is 4.79 Å². The number of hydrogen-bond acceptors (Lipinski definition) is 2. The van der Waals surface area contributed by atoms with Crippen molar-refractivity contribution in [2.24, 2.45) is 0 Å². The molecule has 3 rings (SSSR count). The maximum absolute atomic E-state index is 12.7. The average molecular weight is 359 g/mol. The fourth-order valence-corrected chi connectivity index (χ4v) is 3.22. The summed E-state index contributed by atoms with van der Waals surface area (Å²) in [6.45, 7) is 1.93. The lowest BCUT2D eigenvalue weighted by Gasteiger charge is -2.43. The van der Waals surface area contributed by atoms with Crippen molar-refractivity contribution < 1.29 is 4.79 Å². The molecule has 2 aromatic carbocycles. The van der Waals surface area contributed by atoms with E-state index >= 15 is 0 Å². The van der Waals surface area contributed by atoms with Gasteiger partial charge in [0.15, 0.2) is 0 Å². The zero-order valence-corrected chi connectivity index (χ0v) is 14.1. The molecule has 22 heavy (non-hydrogen) atoms. The summed E-state index contributed by atoms with van der Waals surface area (Å²) >= 11 is 3.46. The smallest absolute Gasteiger partial charge is 0.252 e. The summed E-state index contributed by atoms with van der Waals surface area (Å²) in [5.41, 5.74) is 8.95. The summed E-state index contributed by atoms with van der Waals surface area (Å²) in [4.78, 5) is 12.7. The molecule has 1 fully saturated rings. The van der Waals surface area contributed by atoms with Crippen LogP contribution in [0.4, 0.5) is 5.69 Å². The van der Waals surface area contributed by atoms with E-state index in [1.807, 2.05) is 31.2 Å². The van der Waals surface area contributed by atoms with Crippen LogP contribution in [0.1, 0.15) is 40.7 Å². The van der Waals surface area contributed by atoms with Crippen molar-refractivity contribution in [2.75, 3.05) is 5.73 Å². The summed E-state index contributed by atoms with van der Waals surface area (Å²) in [5, 5.41) is 3.24. The third-order valence-corrected chi connectivity index (χ3v) is 4.99. The predicted octanol–water partition coefficient (Wildman–Crippen LogP) is 4.15. The van der Waals surface area contributed by atoms with E-state index in [4.69, 9.17) is 5.73 Å². The molecule has 0 heterocycles. The van der Waals surface area contributed by atoms with Crippen molar-refractivity contribution in [3.63, 3.8) is 0 Å². The molecule has 0 radical (unpaired) electrons. The van der Waals surface area contributed by atoms with E-state index in [-0.39, 0.29) is 11.4 Å². The van der Waals surface area contributed by atoms with Gasteiger partial charge in [-0.2, -0.15) is 0 Å². The lowest BCUT2D eigenvalue weighted by molar-refractivity contribution is 0.0822. The number of nitrogen functional groups attached to an aromatic ring is 1. The largest absolute Gasteiger partial charge is 0.399 e. The molecule has 0 spiro atoms. The minimum absolute atomic E-state index is 0.0487. The van der Waals surface area contributed by atoms with Crippen molar-refractivity contribution in [2.45, 2.75) is 31.7 Å².